The molecule has 20 heavy (non-hydrogen) atoms. The lowest BCUT2D eigenvalue weighted by Crippen LogP contribution is -2.01. The van der Waals surface area contributed by atoms with E-state index in [-0.39, 0.29) is 5.92 Å². The lowest BCUT2D eigenvalue weighted by Gasteiger charge is -2.13. The molecule has 0 aliphatic rings. The van der Waals surface area contributed by atoms with Crippen molar-refractivity contribution in [3.05, 3.63) is 44.7 Å². The fraction of sp³-hybridized carbons (Fsp3) is 0.375. The zero-order valence-electron chi connectivity index (χ0n) is 12.4. The molecule has 106 valence electrons. The third-order valence-electron chi connectivity index (χ3n) is 3.51. The van der Waals surface area contributed by atoms with Gasteiger partial charge in [-0.15, -0.1) is 0 Å². The molecule has 0 amide bonds. The number of aryl methyl sites for hydroxylation is 3. The van der Waals surface area contributed by atoms with Crippen molar-refractivity contribution in [1.82, 2.24) is 9.97 Å². The van der Waals surface area contributed by atoms with Crippen molar-refractivity contribution >= 4 is 23.2 Å². The van der Waals surface area contributed by atoms with Gasteiger partial charge >= 0.3 is 0 Å². The second-order valence-electron chi connectivity index (χ2n) is 5.45. The SMILES string of the molecule is Cc1cc(C)c(-c2nc(Cl)c(C(C)C)c(Cl)n2)cc1C. The maximum absolute atomic E-state index is 6.27. The fourth-order valence-corrected chi connectivity index (χ4v) is 3.04. The number of aromatic nitrogens is 2. The summed E-state index contributed by atoms with van der Waals surface area (Å²) in [6.07, 6.45) is 0. The quantitative estimate of drug-likeness (QED) is 0.685. The van der Waals surface area contributed by atoms with Crippen LogP contribution in [0.3, 0.4) is 0 Å². The Hall–Kier alpha value is -1.12. The Balaban J connectivity index is 2.63. The number of hydrogen-bond donors (Lipinski definition) is 0. The van der Waals surface area contributed by atoms with E-state index in [1.54, 1.807) is 0 Å². The Labute approximate surface area is 130 Å². The number of hydrogen-bond acceptors (Lipinski definition) is 2. The molecule has 0 N–H and O–H groups in total. The minimum absolute atomic E-state index is 0.199. The smallest absolute Gasteiger partial charge is 0.162 e. The number of halogens is 2. The molecule has 0 fully saturated rings. The first-order valence-corrected chi connectivity index (χ1v) is 7.38. The molecular formula is C16H18Cl2N2. The molecule has 2 aromatic rings. The van der Waals surface area contributed by atoms with E-state index in [0.29, 0.717) is 16.1 Å². The summed E-state index contributed by atoms with van der Waals surface area (Å²) in [6, 6.07) is 4.22. The van der Waals surface area contributed by atoms with Crippen molar-refractivity contribution in [2.45, 2.75) is 40.5 Å². The van der Waals surface area contributed by atoms with Crippen molar-refractivity contribution in [3.63, 3.8) is 0 Å². The summed E-state index contributed by atoms with van der Waals surface area (Å²) in [7, 11) is 0. The Morgan fingerprint density at radius 1 is 0.850 bits per heavy atom. The third kappa shape index (κ3) is 2.82. The molecule has 1 aromatic carbocycles. The fourth-order valence-electron chi connectivity index (χ4n) is 2.21. The highest BCUT2D eigenvalue weighted by Crippen LogP contribution is 2.32. The van der Waals surface area contributed by atoms with E-state index in [4.69, 9.17) is 23.2 Å². The highest BCUT2D eigenvalue weighted by Gasteiger charge is 2.16. The Morgan fingerprint density at radius 2 is 1.35 bits per heavy atom. The van der Waals surface area contributed by atoms with Crippen LogP contribution in [0.25, 0.3) is 11.4 Å². The van der Waals surface area contributed by atoms with Gasteiger partial charge in [0.05, 0.1) is 0 Å². The second kappa shape index (κ2) is 5.71. The number of benzene rings is 1. The molecule has 0 aliphatic carbocycles. The predicted molar refractivity (Wildman–Crippen MR) is 85.8 cm³/mol. The van der Waals surface area contributed by atoms with Crippen molar-refractivity contribution in [2.24, 2.45) is 0 Å². The Kier molecular flexibility index (Phi) is 4.36. The topological polar surface area (TPSA) is 25.8 Å². The largest absolute Gasteiger partial charge is 0.216 e. The monoisotopic (exact) mass is 308 g/mol. The van der Waals surface area contributed by atoms with Crippen LogP contribution in [-0.4, -0.2) is 9.97 Å². The van der Waals surface area contributed by atoms with Gasteiger partial charge in [0, 0.05) is 11.1 Å². The van der Waals surface area contributed by atoms with Gasteiger partial charge in [0.25, 0.3) is 0 Å². The minimum Gasteiger partial charge on any atom is -0.216 e. The van der Waals surface area contributed by atoms with Gasteiger partial charge in [0.15, 0.2) is 5.82 Å². The molecular weight excluding hydrogens is 291 g/mol. The molecule has 0 bridgehead atoms. The zero-order valence-corrected chi connectivity index (χ0v) is 13.9. The summed E-state index contributed by atoms with van der Waals surface area (Å²) < 4.78 is 0. The molecule has 2 nitrogen and oxygen atoms in total. The lowest BCUT2D eigenvalue weighted by atomic mass is 10.00. The molecule has 2 rings (SSSR count). The van der Waals surface area contributed by atoms with Gasteiger partial charge in [-0.3, -0.25) is 0 Å². The van der Waals surface area contributed by atoms with Crippen LogP contribution in [0, 0.1) is 20.8 Å². The van der Waals surface area contributed by atoms with Crippen molar-refractivity contribution in [1.29, 1.82) is 0 Å². The zero-order chi connectivity index (χ0) is 15.0. The average molecular weight is 309 g/mol. The normalized spacial score (nSPS) is 11.2. The molecule has 1 aromatic heterocycles. The number of nitrogens with zero attached hydrogens (tertiary/aromatic N) is 2. The first-order chi connectivity index (χ1) is 9.31. The molecule has 4 heteroatoms. The summed E-state index contributed by atoms with van der Waals surface area (Å²) in [6.45, 7) is 10.3. The summed E-state index contributed by atoms with van der Waals surface area (Å²) >= 11 is 12.5. The first kappa shape index (κ1) is 15.3. The molecule has 0 spiro atoms. The van der Waals surface area contributed by atoms with E-state index >= 15 is 0 Å². The highest BCUT2D eigenvalue weighted by atomic mass is 35.5. The summed E-state index contributed by atoms with van der Waals surface area (Å²) in [5, 5.41) is 0.875. The van der Waals surface area contributed by atoms with Gasteiger partial charge in [-0.25, -0.2) is 9.97 Å². The van der Waals surface area contributed by atoms with E-state index in [9.17, 15) is 0 Å². The molecule has 0 saturated heterocycles. The second-order valence-corrected chi connectivity index (χ2v) is 6.16. The van der Waals surface area contributed by atoms with Crippen molar-refractivity contribution in [3.8, 4) is 11.4 Å². The van der Waals surface area contributed by atoms with Crippen LogP contribution in [-0.2, 0) is 0 Å². The summed E-state index contributed by atoms with van der Waals surface area (Å²) in [5.41, 5.74) is 5.36. The van der Waals surface area contributed by atoms with Gasteiger partial charge in [0.2, 0.25) is 0 Å². The van der Waals surface area contributed by atoms with Crippen molar-refractivity contribution < 1.29 is 0 Å². The van der Waals surface area contributed by atoms with E-state index in [0.717, 1.165) is 16.7 Å². The maximum atomic E-state index is 6.27. The lowest BCUT2D eigenvalue weighted by molar-refractivity contribution is 0.848. The number of rotatable bonds is 2. The summed E-state index contributed by atoms with van der Waals surface area (Å²) in [4.78, 5) is 8.85. The van der Waals surface area contributed by atoms with Crippen LogP contribution in [0.15, 0.2) is 12.1 Å². The molecule has 1 heterocycles. The molecule has 0 atom stereocenters. The van der Waals surface area contributed by atoms with Gasteiger partial charge in [-0.1, -0.05) is 43.1 Å². The van der Waals surface area contributed by atoms with Crippen molar-refractivity contribution in [2.75, 3.05) is 0 Å². The molecule has 0 saturated carbocycles. The van der Waals surface area contributed by atoms with E-state index < -0.39 is 0 Å². The van der Waals surface area contributed by atoms with Crippen LogP contribution in [0.4, 0.5) is 0 Å². The third-order valence-corrected chi connectivity index (χ3v) is 4.09. The Bertz CT molecular complexity index is 641. The Morgan fingerprint density at radius 3 is 1.85 bits per heavy atom. The minimum atomic E-state index is 0.199. The van der Waals surface area contributed by atoms with Crippen LogP contribution >= 0.6 is 23.2 Å². The standard InChI is InChI=1S/C16H18Cl2N2/c1-8(2)13-14(17)19-16(20-15(13)18)12-7-10(4)9(3)6-11(12)5/h6-8H,1-5H3. The van der Waals surface area contributed by atoms with E-state index in [2.05, 4.69) is 35.9 Å². The first-order valence-electron chi connectivity index (χ1n) is 6.62. The molecule has 0 unspecified atom stereocenters. The van der Waals surface area contributed by atoms with Crippen LogP contribution in [0.5, 0.6) is 0 Å². The van der Waals surface area contributed by atoms with Crippen LogP contribution in [0.2, 0.25) is 10.3 Å². The van der Waals surface area contributed by atoms with Crippen LogP contribution in [0.1, 0.15) is 42.0 Å². The molecule has 0 aliphatic heterocycles. The average Bonchev–Trinajstić information content (AvgIpc) is 2.32. The van der Waals surface area contributed by atoms with Gasteiger partial charge in [-0.2, -0.15) is 0 Å². The van der Waals surface area contributed by atoms with E-state index in [1.165, 1.54) is 11.1 Å². The van der Waals surface area contributed by atoms with Gasteiger partial charge < -0.3 is 0 Å². The molecule has 0 radical (unpaired) electrons. The predicted octanol–water partition coefficient (Wildman–Crippen LogP) is 5.50. The van der Waals surface area contributed by atoms with Crippen LogP contribution < -0.4 is 0 Å². The summed E-state index contributed by atoms with van der Waals surface area (Å²) in [5.74, 6) is 0.787. The maximum Gasteiger partial charge on any atom is 0.162 e. The van der Waals surface area contributed by atoms with Gasteiger partial charge in [-0.05, 0) is 49.4 Å². The highest BCUT2D eigenvalue weighted by molar-refractivity contribution is 6.34. The van der Waals surface area contributed by atoms with E-state index in [1.807, 2.05) is 20.8 Å². The van der Waals surface area contributed by atoms with Gasteiger partial charge in [0.1, 0.15) is 10.3 Å².